The van der Waals surface area contributed by atoms with Gasteiger partial charge in [-0.05, 0) is 5.54 Å². The van der Waals surface area contributed by atoms with E-state index in [0.717, 1.165) is 0 Å². The summed E-state index contributed by atoms with van der Waals surface area (Å²) in [4.78, 5) is 0. The third-order valence-electron chi connectivity index (χ3n) is 2.93. The maximum Gasteiger partial charge on any atom is 0.0898 e. The van der Waals surface area contributed by atoms with Crippen LogP contribution < -0.4 is 5.19 Å². The van der Waals surface area contributed by atoms with Gasteiger partial charge in [0.1, 0.15) is 0 Å². The molecule has 2 heteroatoms. The summed E-state index contributed by atoms with van der Waals surface area (Å²) in [5.41, 5.74) is 0.241. The van der Waals surface area contributed by atoms with Gasteiger partial charge in [-0.3, -0.25) is 0 Å². The Morgan fingerprint density at radius 3 is 2.36 bits per heavy atom. The van der Waals surface area contributed by atoms with Gasteiger partial charge in [-0.1, -0.05) is 54.7 Å². The van der Waals surface area contributed by atoms with Crippen LogP contribution in [-0.4, -0.2) is 19.8 Å². The molecule has 0 amide bonds. The third kappa shape index (κ3) is 2.14. The molecule has 1 atom stereocenters. The summed E-state index contributed by atoms with van der Waals surface area (Å²) < 4.78 is 0. The molecule has 76 valence electrons. The average molecular weight is 206 g/mol. The molecule has 0 aromatic heterocycles. The van der Waals surface area contributed by atoms with Gasteiger partial charge in [0.05, 0.1) is 8.07 Å². The zero-order valence-electron chi connectivity index (χ0n) is 8.90. The lowest BCUT2D eigenvalue weighted by Gasteiger charge is -2.29. The Bertz CT molecular complexity index is 292. The molecule has 0 saturated carbocycles. The molecule has 0 heterocycles. The van der Waals surface area contributed by atoms with E-state index in [1.54, 1.807) is 0 Å². The van der Waals surface area contributed by atoms with E-state index in [-0.39, 0.29) is 12.1 Å². The maximum atomic E-state index is 9.29. The van der Waals surface area contributed by atoms with Crippen LogP contribution in [0.4, 0.5) is 0 Å². The minimum Gasteiger partial charge on any atom is -0.396 e. The second kappa shape index (κ2) is 4.58. The van der Waals surface area contributed by atoms with Gasteiger partial charge >= 0.3 is 0 Å². The standard InChI is InChI=1S/C12H18OSi/c1-4-11(10-13)14(2,3)12-8-6-5-7-9-12/h4-9,11,13H,1,10H2,2-3H3/t11-/m0/s1. The Morgan fingerprint density at radius 1 is 1.36 bits per heavy atom. The molecule has 0 unspecified atom stereocenters. The maximum absolute atomic E-state index is 9.29. The van der Waals surface area contributed by atoms with Crippen molar-refractivity contribution in [3.63, 3.8) is 0 Å². The fourth-order valence-electron chi connectivity index (χ4n) is 1.68. The summed E-state index contributed by atoms with van der Waals surface area (Å²) in [6.07, 6.45) is 1.89. The summed E-state index contributed by atoms with van der Waals surface area (Å²) in [6, 6.07) is 10.4. The van der Waals surface area contributed by atoms with E-state index >= 15 is 0 Å². The van der Waals surface area contributed by atoms with E-state index in [1.165, 1.54) is 5.19 Å². The lowest BCUT2D eigenvalue weighted by atomic mass is 10.4. The molecule has 0 spiro atoms. The quantitative estimate of drug-likeness (QED) is 0.591. The van der Waals surface area contributed by atoms with E-state index in [1.807, 2.05) is 12.1 Å². The normalized spacial score (nSPS) is 13.6. The fraction of sp³-hybridized carbons (Fsp3) is 0.333. The van der Waals surface area contributed by atoms with Gasteiger partial charge in [-0.25, -0.2) is 0 Å². The monoisotopic (exact) mass is 206 g/mol. The first-order chi connectivity index (χ1) is 6.62. The molecule has 0 radical (unpaired) electrons. The summed E-state index contributed by atoms with van der Waals surface area (Å²) in [6.45, 7) is 8.54. The molecule has 0 aliphatic rings. The first-order valence-electron chi connectivity index (χ1n) is 4.92. The predicted molar refractivity (Wildman–Crippen MR) is 64.6 cm³/mol. The zero-order valence-corrected chi connectivity index (χ0v) is 9.90. The van der Waals surface area contributed by atoms with Gasteiger partial charge in [-0.15, -0.1) is 6.58 Å². The predicted octanol–water partition coefficient (Wildman–Crippen LogP) is 2.15. The largest absolute Gasteiger partial charge is 0.396 e. The van der Waals surface area contributed by atoms with Crippen molar-refractivity contribution in [2.24, 2.45) is 0 Å². The topological polar surface area (TPSA) is 20.2 Å². The van der Waals surface area contributed by atoms with Crippen molar-refractivity contribution in [2.45, 2.75) is 18.6 Å². The van der Waals surface area contributed by atoms with Crippen LogP contribution in [0, 0.1) is 0 Å². The fourth-order valence-corrected chi connectivity index (χ4v) is 4.20. The van der Waals surface area contributed by atoms with Crippen LogP contribution >= 0.6 is 0 Å². The molecule has 0 aliphatic heterocycles. The Morgan fingerprint density at radius 2 is 1.93 bits per heavy atom. The van der Waals surface area contributed by atoms with Gasteiger partial charge < -0.3 is 5.11 Å². The first-order valence-corrected chi connectivity index (χ1v) is 7.99. The van der Waals surface area contributed by atoms with Crippen LogP contribution in [0.15, 0.2) is 43.0 Å². The summed E-state index contributed by atoms with van der Waals surface area (Å²) in [5.74, 6) is 0. The van der Waals surface area contributed by atoms with Crippen molar-refractivity contribution >= 4 is 13.3 Å². The number of hydrogen-bond donors (Lipinski definition) is 1. The van der Waals surface area contributed by atoms with Crippen LogP contribution in [0.2, 0.25) is 18.6 Å². The molecular weight excluding hydrogens is 188 g/mol. The minimum atomic E-state index is -1.58. The van der Waals surface area contributed by atoms with Crippen molar-refractivity contribution in [3.05, 3.63) is 43.0 Å². The molecule has 1 aromatic carbocycles. The SMILES string of the molecule is C=C[C@@H](CO)[Si](C)(C)c1ccccc1. The second-order valence-electron chi connectivity index (χ2n) is 4.11. The van der Waals surface area contributed by atoms with E-state index in [9.17, 15) is 5.11 Å². The van der Waals surface area contributed by atoms with Crippen molar-refractivity contribution in [2.75, 3.05) is 6.61 Å². The second-order valence-corrected chi connectivity index (χ2v) is 8.87. The number of aliphatic hydroxyl groups is 1. The van der Waals surface area contributed by atoms with E-state index in [2.05, 4.69) is 43.9 Å². The first kappa shape index (κ1) is 11.2. The zero-order chi connectivity index (χ0) is 10.6. The molecule has 0 saturated heterocycles. The molecule has 1 N–H and O–H groups in total. The Kier molecular flexibility index (Phi) is 3.67. The average Bonchev–Trinajstić information content (AvgIpc) is 2.20. The van der Waals surface area contributed by atoms with Crippen LogP contribution in [-0.2, 0) is 0 Å². The van der Waals surface area contributed by atoms with Crippen LogP contribution in [0.1, 0.15) is 0 Å². The molecule has 0 bridgehead atoms. The molecule has 1 rings (SSSR count). The molecule has 14 heavy (non-hydrogen) atoms. The van der Waals surface area contributed by atoms with E-state index in [0.29, 0.717) is 0 Å². The number of hydrogen-bond acceptors (Lipinski definition) is 1. The van der Waals surface area contributed by atoms with Crippen LogP contribution in [0.3, 0.4) is 0 Å². The van der Waals surface area contributed by atoms with Gasteiger partial charge in [0, 0.05) is 6.61 Å². The van der Waals surface area contributed by atoms with Crippen LogP contribution in [0.25, 0.3) is 0 Å². The number of rotatable bonds is 4. The number of benzene rings is 1. The third-order valence-corrected chi connectivity index (χ3v) is 7.02. The van der Waals surface area contributed by atoms with Crippen molar-refractivity contribution in [3.8, 4) is 0 Å². The highest BCUT2D eigenvalue weighted by molar-refractivity contribution is 6.91. The Hall–Kier alpha value is -0.863. The summed E-state index contributed by atoms with van der Waals surface area (Å²) in [5, 5.41) is 10.7. The molecular formula is C12H18OSi. The molecule has 1 nitrogen and oxygen atoms in total. The minimum absolute atomic E-state index is 0.206. The van der Waals surface area contributed by atoms with Crippen LogP contribution in [0.5, 0.6) is 0 Å². The van der Waals surface area contributed by atoms with Crippen molar-refractivity contribution in [1.29, 1.82) is 0 Å². The summed E-state index contributed by atoms with van der Waals surface area (Å²) in [7, 11) is -1.58. The smallest absolute Gasteiger partial charge is 0.0898 e. The van der Waals surface area contributed by atoms with Gasteiger partial charge in [-0.2, -0.15) is 0 Å². The van der Waals surface area contributed by atoms with E-state index < -0.39 is 8.07 Å². The highest BCUT2D eigenvalue weighted by Crippen LogP contribution is 2.21. The molecule has 0 fully saturated rings. The number of aliphatic hydroxyl groups excluding tert-OH is 1. The van der Waals surface area contributed by atoms with Crippen molar-refractivity contribution < 1.29 is 5.11 Å². The van der Waals surface area contributed by atoms with Gasteiger partial charge in [0.25, 0.3) is 0 Å². The lowest BCUT2D eigenvalue weighted by molar-refractivity contribution is 0.300. The van der Waals surface area contributed by atoms with Gasteiger partial charge in [0.2, 0.25) is 0 Å². The summed E-state index contributed by atoms with van der Waals surface area (Å²) >= 11 is 0. The molecule has 0 aliphatic carbocycles. The van der Waals surface area contributed by atoms with Crippen molar-refractivity contribution in [1.82, 2.24) is 0 Å². The Labute approximate surface area is 87.1 Å². The lowest BCUT2D eigenvalue weighted by Crippen LogP contribution is -2.46. The van der Waals surface area contributed by atoms with E-state index in [4.69, 9.17) is 0 Å². The molecule has 1 aromatic rings. The Balaban J connectivity index is 3.00. The highest BCUT2D eigenvalue weighted by Gasteiger charge is 2.30. The van der Waals surface area contributed by atoms with Gasteiger partial charge in [0.15, 0.2) is 0 Å². The highest BCUT2D eigenvalue weighted by atomic mass is 28.3.